The number of hydrogen-bond donors (Lipinski definition) is 0. The van der Waals surface area contributed by atoms with Crippen LogP contribution in [-0.2, 0) is 6.54 Å². The van der Waals surface area contributed by atoms with E-state index in [-0.39, 0.29) is 4.87 Å². The van der Waals surface area contributed by atoms with Gasteiger partial charge < -0.3 is 0 Å². The van der Waals surface area contributed by atoms with Crippen LogP contribution >= 0.6 is 11.3 Å². The fourth-order valence-corrected chi connectivity index (χ4v) is 3.46. The molecule has 0 aliphatic rings. The van der Waals surface area contributed by atoms with Crippen molar-refractivity contribution in [3.8, 4) is 17.2 Å². The number of aryl methyl sites for hydroxylation is 1. The van der Waals surface area contributed by atoms with Gasteiger partial charge in [0.05, 0.1) is 21.8 Å². The van der Waals surface area contributed by atoms with Crippen LogP contribution in [0.3, 0.4) is 0 Å². The third-order valence-electron chi connectivity index (χ3n) is 3.47. The molecule has 3 nitrogen and oxygen atoms in total. The topological polar surface area (TPSA) is 45.8 Å². The van der Waals surface area contributed by atoms with Gasteiger partial charge in [0.2, 0.25) is 0 Å². The van der Waals surface area contributed by atoms with Gasteiger partial charge in [-0.2, -0.15) is 5.26 Å². The molecule has 2 aromatic carbocycles. The third-order valence-corrected chi connectivity index (χ3v) is 4.42. The first-order valence-corrected chi connectivity index (χ1v) is 7.69. The smallest absolute Gasteiger partial charge is 0.299 e. The minimum Gasteiger partial charge on any atom is -0.299 e. The van der Waals surface area contributed by atoms with Gasteiger partial charge in [0.15, 0.2) is 0 Å². The van der Waals surface area contributed by atoms with Gasteiger partial charge in [-0.05, 0) is 35.7 Å². The molecule has 1 aromatic heterocycles. The number of hydrogen-bond acceptors (Lipinski definition) is 3. The zero-order valence-electron chi connectivity index (χ0n) is 11.7. The van der Waals surface area contributed by atoms with Gasteiger partial charge in [-0.1, -0.05) is 42.5 Å². The van der Waals surface area contributed by atoms with Crippen LogP contribution in [0.4, 0.5) is 0 Å². The van der Waals surface area contributed by atoms with Gasteiger partial charge in [0.1, 0.15) is 0 Å². The van der Waals surface area contributed by atoms with Crippen LogP contribution in [-0.4, -0.2) is 4.57 Å². The Balaban J connectivity index is 2.19. The summed E-state index contributed by atoms with van der Waals surface area (Å²) in [6, 6.07) is 15.7. The summed E-state index contributed by atoms with van der Waals surface area (Å²) < 4.78 is 2.79. The maximum absolute atomic E-state index is 12.0. The maximum atomic E-state index is 12.0. The van der Waals surface area contributed by atoms with Crippen LogP contribution in [0.15, 0.2) is 47.3 Å². The molecule has 0 unspecified atom stereocenters. The molecule has 21 heavy (non-hydrogen) atoms. The second-order valence-electron chi connectivity index (χ2n) is 4.86. The van der Waals surface area contributed by atoms with Crippen molar-refractivity contribution in [2.24, 2.45) is 0 Å². The van der Waals surface area contributed by atoms with E-state index in [4.69, 9.17) is 0 Å². The van der Waals surface area contributed by atoms with Gasteiger partial charge in [-0.3, -0.25) is 9.36 Å². The molecule has 3 rings (SSSR count). The lowest BCUT2D eigenvalue weighted by molar-refractivity contribution is 0.690. The standard InChI is InChI=1S/C17H14N2OS/c1-2-9-19-15-8-7-12(10-16(15)21-17(19)20)14-6-4-3-5-13(14)11-18/h3-8,10H,2,9H2,1H3. The van der Waals surface area contributed by atoms with E-state index in [1.165, 1.54) is 11.3 Å². The lowest BCUT2D eigenvalue weighted by Gasteiger charge is -2.05. The number of benzene rings is 2. The summed E-state index contributed by atoms with van der Waals surface area (Å²) in [6.45, 7) is 2.81. The molecule has 0 spiro atoms. The summed E-state index contributed by atoms with van der Waals surface area (Å²) in [7, 11) is 0. The molecule has 1 heterocycles. The van der Waals surface area contributed by atoms with Crippen LogP contribution in [0.25, 0.3) is 21.3 Å². The number of rotatable bonds is 3. The number of thiazole rings is 1. The first-order chi connectivity index (χ1) is 10.2. The summed E-state index contributed by atoms with van der Waals surface area (Å²) in [4.78, 5) is 12.1. The molecule has 0 atom stereocenters. The highest BCUT2D eigenvalue weighted by Gasteiger charge is 2.10. The SMILES string of the molecule is CCCn1c(=O)sc2cc(-c3ccccc3C#N)ccc21. The van der Waals surface area contributed by atoms with E-state index in [2.05, 4.69) is 13.0 Å². The van der Waals surface area contributed by atoms with Crippen molar-refractivity contribution >= 4 is 21.6 Å². The highest BCUT2D eigenvalue weighted by molar-refractivity contribution is 7.16. The van der Waals surface area contributed by atoms with Crippen LogP contribution in [0.1, 0.15) is 18.9 Å². The predicted molar refractivity (Wildman–Crippen MR) is 86.5 cm³/mol. The fourth-order valence-electron chi connectivity index (χ4n) is 2.50. The molecule has 0 radical (unpaired) electrons. The Hall–Kier alpha value is -2.38. The fraction of sp³-hybridized carbons (Fsp3) is 0.176. The van der Waals surface area contributed by atoms with Crippen molar-refractivity contribution < 1.29 is 0 Å². The Morgan fingerprint density at radius 2 is 2.05 bits per heavy atom. The summed E-state index contributed by atoms with van der Waals surface area (Å²) in [5.41, 5.74) is 3.51. The largest absolute Gasteiger partial charge is 0.308 e. The summed E-state index contributed by atoms with van der Waals surface area (Å²) in [5, 5.41) is 9.21. The Morgan fingerprint density at radius 3 is 2.81 bits per heavy atom. The summed E-state index contributed by atoms with van der Waals surface area (Å²) in [5.74, 6) is 0. The minimum absolute atomic E-state index is 0.0811. The monoisotopic (exact) mass is 294 g/mol. The van der Waals surface area contributed by atoms with Crippen molar-refractivity contribution in [3.63, 3.8) is 0 Å². The molecule has 0 saturated carbocycles. The van der Waals surface area contributed by atoms with Crippen molar-refractivity contribution in [2.45, 2.75) is 19.9 Å². The van der Waals surface area contributed by atoms with E-state index in [0.29, 0.717) is 5.56 Å². The van der Waals surface area contributed by atoms with Crippen molar-refractivity contribution in [3.05, 3.63) is 57.7 Å². The van der Waals surface area contributed by atoms with E-state index in [1.54, 1.807) is 0 Å². The zero-order chi connectivity index (χ0) is 14.8. The molecule has 4 heteroatoms. The summed E-state index contributed by atoms with van der Waals surface area (Å²) >= 11 is 1.27. The van der Waals surface area contributed by atoms with Gasteiger partial charge in [-0.15, -0.1) is 0 Å². The normalized spacial score (nSPS) is 10.7. The molecule has 0 bridgehead atoms. The second-order valence-corrected chi connectivity index (χ2v) is 5.85. The van der Waals surface area contributed by atoms with Gasteiger partial charge in [0.25, 0.3) is 0 Å². The van der Waals surface area contributed by atoms with Crippen LogP contribution < -0.4 is 4.87 Å². The molecule has 0 aliphatic heterocycles. The van der Waals surface area contributed by atoms with Gasteiger partial charge >= 0.3 is 4.87 Å². The van der Waals surface area contributed by atoms with Crippen LogP contribution in [0.2, 0.25) is 0 Å². The highest BCUT2D eigenvalue weighted by atomic mass is 32.1. The van der Waals surface area contributed by atoms with E-state index < -0.39 is 0 Å². The zero-order valence-corrected chi connectivity index (χ0v) is 12.5. The lowest BCUT2D eigenvalue weighted by atomic mass is 10.0. The Kier molecular flexibility index (Phi) is 3.59. The molecule has 3 aromatic rings. The summed E-state index contributed by atoms with van der Waals surface area (Å²) in [6.07, 6.45) is 0.935. The number of nitriles is 1. The molecule has 104 valence electrons. The highest BCUT2D eigenvalue weighted by Crippen LogP contribution is 2.28. The second kappa shape index (κ2) is 5.55. The van der Waals surface area contributed by atoms with Crippen molar-refractivity contribution in [1.29, 1.82) is 5.26 Å². The van der Waals surface area contributed by atoms with Crippen molar-refractivity contribution in [1.82, 2.24) is 4.57 Å². The molecular weight excluding hydrogens is 280 g/mol. The first kappa shape index (κ1) is 13.6. The number of nitrogens with zero attached hydrogens (tertiary/aromatic N) is 2. The molecule has 0 N–H and O–H groups in total. The third kappa shape index (κ3) is 2.37. The average molecular weight is 294 g/mol. The molecular formula is C17H14N2OS. The quantitative estimate of drug-likeness (QED) is 0.732. The predicted octanol–water partition coefficient (Wildman–Crippen LogP) is 4.01. The van der Waals surface area contributed by atoms with Gasteiger partial charge in [-0.25, -0.2) is 0 Å². The minimum atomic E-state index is 0.0811. The van der Waals surface area contributed by atoms with E-state index in [1.807, 2.05) is 47.0 Å². The van der Waals surface area contributed by atoms with E-state index in [0.717, 1.165) is 34.3 Å². The number of aromatic nitrogens is 1. The van der Waals surface area contributed by atoms with E-state index in [9.17, 15) is 10.1 Å². The molecule has 0 fully saturated rings. The average Bonchev–Trinajstić information content (AvgIpc) is 2.83. The first-order valence-electron chi connectivity index (χ1n) is 6.87. The van der Waals surface area contributed by atoms with Gasteiger partial charge in [0, 0.05) is 6.54 Å². The molecule has 0 aliphatic carbocycles. The Morgan fingerprint density at radius 1 is 1.24 bits per heavy atom. The number of fused-ring (bicyclic) bond motifs is 1. The van der Waals surface area contributed by atoms with E-state index >= 15 is 0 Å². The molecule has 0 amide bonds. The maximum Gasteiger partial charge on any atom is 0.308 e. The van der Waals surface area contributed by atoms with Crippen LogP contribution in [0, 0.1) is 11.3 Å². The Bertz CT molecular complexity index is 899. The van der Waals surface area contributed by atoms with Crippen LogP contribution in [0.5, 0.6) is 0 Å². The van der Waals surface area contributed by atoms with Crippen molar-refractivity contribution in [2.75, 3.05) is 0 Å². The lowest BCUT2D eigenvalue weighted by Crippen LogP contribution is -2.11. The Labute approximate surface area is 126 Å². The molecule has 0 saturated heterocycles.